The number of hydrogen-bond donors (Lipinski definition) is 0. The van der Waals surface area contributed by atoms with Crippen molar-refractivity contribution in [2.24, 2.45) is 11.8 Å². The second-order valence-electron chi connectivity index (χ2n) is 6.61. The Morgan fingerprint density at radius 2 is 1.52 bits per heavy atom. The van der Waals surface area contributed by atoms with Crippen molar-refractivity contribution in [1.29, 1.82) is 0 Å². The van der Waals surface area contributed by atoms with Gasteiger partial charge >= 0.3 is 0 Å². The molecule has 4 heteroatoms. The van der Waals surface area contributed by atoms with E-state index >= 15 is 0 Å². The van der Waals surface area contributed by atoms with Crippen molar-refractivity contribution in [2.75, 3.05) is 13.7 Å². The summed E-state index contributed by atoms with van der Waals surface area (Å²) in [7, 11) is 1.71. The van der Waals surface area contributed by atoms with Gasteiger partial charge in [0.2, 0.25) is 0 Å². The average Bonchev–Trinajstić information content (AvgIpc) is 2.53. The minimum Gasteiger partial charge on any atom is -0.496 e. The maximum atomic E-state index is 6.06. The Labute approximate surface area is 158 Å². The van der Waals surface area contributed by atoms with E-state index in [1.54, 1.807) is 7.11 Å². The molecule has 0 aromatic heterocycles. The normalized spacial score (nSPS) is 12.5. The topological polar surface area (TPSA) is 18.5 Å². The fraction of sp³-hybridized carbons (Fsp3) is 0.684. The van der Waals surface area contributed by atoms with Gasteiger partial charge in [-0.1, -0.05) is 71.9 Å². The molecule has 2 nitrogen and oxygen atoms in total. The summed E-state index contributed by atoms with van der Waals surface area (Å²) < 4.78 is 11.5. The van der Waals surface area contributed by atoms with Crippen LogP contribution in [0.3, 0.4) is 0 Å². The van der Waals surface area contributed by atoms with Crippen LogP contribution in [-0.4, -0.2) is 13.7 Å². The lowest BCUT2D eigenvalue weighted by Gasteiger charge is -2.16. The third-order valence-electron chi connectivity index (χ3n) is 4.10. The third-order valence-corrected chi connectivity index (χ3v) is 5.31. The predicted octanol–water partition coefficient (Wildman–Crippen LogP) is 6.72. The lowest BCUT2D eigenvalue weighted by atomic mass is 9.98. The first-order chi connectivity index (χ1) is 11.0. The number of benzene rings is 1. The van der Waals surface area contributed by atoms with E-state index in [1.165, 1.54) is 19.3 Å². The Morgan fingerprint density at radius 3 is 2.09 bits per heavy atom. The van der Waals surface area contributed by atoms with Crippen molar-refractivity contribution in [3.05, 3.63) is 23.3 Å². The maximum absolute atomic E-state index is 6.06. The van der Waals surface area contributed by atoms with Gasteiger partial charge in [0.15, 0.2) is 0 Å². The largest absolute Gasteiger partial charge is 0.496 e. The molecule has 132 valence electrons. The van der Waals surface area contributed by atoms with E-state index < -0.39 is 0 Å². The van der Waals surface area contributed by atoms with Crippen LogP contribution in [-0.2, 0) is 10.7 Å². The molecular weight excluding hydrogens is 420 g/mol. The molecular formula is C19H30Br2O2. The van der Waals surface area contributed by atoms with Gasteiger partial charge in [-0.15, -0.1) is 0 Å². The Morgan fingerprint density at radius 1 is 0.913 bits per heavy atom. The highest BCUT2D eigenvalue weighted by Crippen LogP contribution is 2.32. The zero-order chi connectivity index (χ0) is 17.2. The van der Waals surface area contributed by atoms with Crippen molar-refractivity contribution in [3.63, 3.8) is 0 Å². The van der Waals surface area contributed by atoms with Crippen molar-refractivity contribution < 1.29 is 9.47 Å². The quantitative estimate of drug-likeness (QED) is 0.349. The van der Waals surface area contributed by atoms with Crippen LogP contribution in [0.15, 0.2) is 12.1 Å². The van der Waals surface area contributed by atoms with Crippen molar-refractivity contribution >= 4 is 31.9 Å². The molecule has 0 bridgehead atoms. The number of halogens is 2. The van der Waals surface area contributed by atoms with Crippen LogP contribution in [0.2, 0.25) is 0 Å². The van der Waals surface area contributed by atoms with Crippen molar-refractivity contribution in [2.45, 2.75) is 57.1 Å². The third kappa shape index (κ3) is 7.47. The summed E-state index contributed by atoms with van der Waals surface area (Å²) in [5.41, 5.74) is 2.26. The highest BCUT2D eigenvalue weighted by molar-refractivity contribution is 9.08. The van der Waals surface area contributed by atoms with E-state index in [1.807, 2.05) is 0 Å². The Balaban J connectivity index is 2.53. The summed E-state index contributed by atoms with van der Waals surface area (Å²) in [4.78, 5) is 0. The molecule has 0 saturated carbocycles. The minimum absolute atomic E-state index is 0.718. The number of hydrogen-bond acceptors (Lipinski definition) is 2. The highest BCUT2D eigenvalue weighted by Gasteiger charge is 2.11. The fourth-order valence-electron chi connectivity index (χ4n) is 2.57. The Kier molecular flexibility index (Phi) is 10.3. The van der Waals surface area contributed by atoms with Crippen LogP contribution in [0.25, 0.3) is 0 Å². The van der Waals surface area contributed by atoms with Gasteiger partial charge in [-0.05, 0) is 30.4 Å². The maximum Gasteiger partial charge on any atom is 0.123 e. The van der Waals surface area contributed by atoms with Gasteiger partial charge in [0.1, 0.15) is 11.5 Å². The molecule has 0 spiro atoms. The molecule has 0 saturated heterocycles. The molecule has 0 aliphatic carbocycles. The summed E-state index contributed by atoms with van der Waals surface area (Å²) in [6.07, 6.45) is 5.05. The summed E-state index contributed by atoms with van der Waals surface area (Å²) in [6, 6.07) is 4.15. The standard InChI is InChI=1S/C19H30Br2O2/c1-14(2)6-5-7-15(3)8-9-23-19-11-16(12-20)18(22-4)10-17(19)13-21/h10-11,14-15H,5-9,12-13H2,1-4H3. The summed E-state index contributed by atoms with van der Waals surface area (Å²) in [6.45, 7) is 7.69. The smallest absolute Gasteiger partial charge is 0.123 e. The van der Waals surface area contributed by atoms with Crippen LogP contribution in [0.4, 0.5) is 0 Å². The van der Waals surface area contributed by atoms with E-state index in [9.17, 15) is 0 Å². The number of ether oxygens (including phenoxy) is 2. The SMILES string of the molecule is COc1cc(CBr)c(OCCC(C)CCCC(C)C)cc1CBr. The van der Waals surface area contributed by atoms with E-state index in [0.29, 0.717) is 0 Å². The van der Waals surface area contributed by atoms with Gasteiger partial charge in [-0.25, -0.2) is 0 Å². The fourth-order valence-corrected chi connectivity index (χ4v) is 3.44. The Bertz CT molecular complexity index is 461. The second kappa shape index (κ2) is 11.4. The van der Waals surface area contributed by atoms with Gasteiger partial charge < -0.3 is 9.47 Å². The first-order valence-corrected chi connectivity index (χ1v) is 10.7. The molecule has 0 heterocycles. The first kappa shape index (κ1) is 20.8. The molecule has 0 aliphatic rings. The lowest BCUT2D eigenvalue weighted by molar-refractivity contribution is 0.273. The molecule has 1 aromatic carbocycles. The molecule has 1 atom stereocenters. The van der Waals surface area contributed by atoms with Crippen molar-refractivity contribution in [3.8, 4) is 11.5 Å². The van der Waals surface area contributed by atoms with Crippen LogP contribution < -0.4 is 9.47 Å². The van der Waals surface area contributed by atoms with E-state index in [0.717, 1.165) is 58.1 Å². The molecule has 0 radical (unpaired) electrons. The van der Waals surface area contributed by atoms with Gasteiger partial charge in [0.05, 0.1) is 13.7 Å². The van der Waals surface area contributed by atoms with Crippen LogP contribution in [0.5, 0.6) is 11.5 Å². The summed E-state index contributed by atoms with van der Waals surface area (Å²) >= 11 is 7.05. The first-order valence-electron chi connectivity index (χ1n) is 8.46. The number of alkyl halides is 2. The van der Waals surface area contributed by atoms with Crippen LogP contribution in [0, 0.1) is 11.8 Å². The van der Waals surface area contributed by atoms with Crippen molar-refractivity contribution in [1.82, 2.24) is 0 Å². The monoisotopic (exact) mass is 448 g/mol. The number of rotatable bonds is 11. The van der Waals surface area contributed by atoms with Crippen LogP contribution >= 0.6 is 31.9 Å². The van der Waals surface area contributed by atoms with Gasteiger partial charge in [-0.2, -0.15) is 0 Å². The summed E-state index contributed by atoms with van der Waals surface area (Å²) in [5.74, 6) is 3.40. The molecule has 0 amide bonds. The zero-order valence-electron chi connectivity index (χ0n) is 14.8. The van der Waals surface area contributed by atoms with E-state index in [2.05, 4.69) is 64.8 Å². The predicted molar refractivity (Wildman–Crippen MR) is 106 cm³/mol. The van der Waals surface area contributed by atoms with Gasteiger partial charge in [0.25, 0.3) is 0 Å². The molecule has 0 N–H and O–H groups in total. The average molecular weight is 450 g/mol. The minimum atomic E-state index is 0.718. The van der Waals surface area contributed by atoms with E-state index in [-0.39, 0.29) is 0 Å². The highest BCUT2D eigenvalue weighted by atomic mass is 79.9. The molecule has 23 heavy (non-hydrogen) atoms. The number of methoxy groups -OCH3 is 1. The van der Waals surface area contributed by atoms with E-state index in [4.69, 9.17) is 9.47 Å². The lowest BCUT2D eigenvalue weighted by Crippen LogP contribution is -2.06. The van der Waals surface area contributed by atoms with Gasteiger partial charge in [0, 0.05) is 21.8 Å². The molecule has 1 aromatic rings. The molecule has 1 unspecified atom stereocenters. The zero-order valence-corrected chi connectivity index (χ0v) is 18.0. The van der Waals surface area contributed by atoms with Crippen LogP contribution in [0.1, 0.15) is 57.6 Å². The van der Waals surface area contributed by atoms with Gasteiger partial charge in [-0.3, -0.25) is 0 Å². The summed E-state index contributed by atoms with van der Waals surface area (Å²) in [5, 5.41) is 1.53. The second-order valence-corrected chi connectivity index (χ2v) is 7.73. The molecule has 0 fully saturated rings. The molecule has 1 rings (SSSR count). The Hall–Kier alpha value is -0.220. The molecule has 0 aliphatic heterocycles.